The topological polar surface area (TPSA) is 92.7 Å². The monoisotopic (exact) mass is 399 g/mol. The van der Waals surface area contributed by atoms with Gasteiger partial charge in [-0.15, -0.1) is 0 Å². The van der Waals surface area contributed by atoms with Crippen molar-refractivity contribution in [1.82, 2.24) is 4.72 Å². The van der Waals surface area contributed by atoms with Crippen molar-refractivity contribution < 1.29 is 27.4 Å². The molecule has 0 aromatic heterocycles. The van der Waals surface area contributed by atoms with Crippen molar-refractivity contribution in [2.45, 2.75) is 55.6 Å². The lowest BCUT2D eigenvalue weighted by molar-refractivity contribution is -0.134. The third-order valence-corrected chi connectivity index (χ3v) is 6.33. The van der Waals surface area contributed by atoms with Crippen molar-refractivity contribution in [3.8, 4) is 0 Å². The van der Waals surface area contributed by atoms with Gasteiger partial charge in [0.1, 0.15) is 5.82 Å². The molecule has 1 saturated carbocycles. The molecule has 1 aliphatic carbocycles. The van der Waals surface area contributed by atoms with Crippen molar-refractivity contribution in [2.24, 2.45) is 5.92 Å². The second-order valence-electron chi connectivity index (χ2n) is 6.70. The Hall–Kier alpha value is -1.77. The quantitative estimate of drug-likeness (QED) is 0.378. The lowest BCUT2D eigenvalue weighted by Crippen LogP contribution is -2.39. The Kier molecular flexibility index (Phi) is 7.94. The number of esters is 1. The van der Waals surface area contributed by atoms with Crippen molar-refractivity contribution >= 4 is 16.0 Å². The van der Waals surface area contributed by atoms with Gasteiger partial charge < -0.3 is 9.84 Å². The van der Waals surface area contributed by atoms with Gasteiger partial charge >= 0.3 is 5.97 Å². The molecule has 2 rings (SSSR count). The van der Waals surface area contributed by atoms with Crippen LogP contribution in [0.25, 0.3) is 0 Å². The van der Waals surface area contributed by atoms with E-state index in [0.29, 0.717) is 25.7 Å². The number of methoxy groups -OCH3 is 1. The summed E-state index contributed by atoms with van der Waals surface area (Å²) in [6, 6.07) is 4.33. The standard InChI is InChI=1S/C19H26FNO5S/c1-26-19(23)7-5-3-2-4-6-16-17(12-13-18(16)22)21-27(24,25)15-10-8-14(20)9-11-15/h5,7-11,16-18,21-22H,2-4,6,12-13H2,1H3/t16-,17+,18+/m1/s1. The van der Waals surface area contributed by atoms with E-state index in [0.717, 1.165) is 25.0 Å². The molecule has 1 aliphatic rings. The van der Waals surface area contributed by atoms with Crippen LogP contribution in [0.4, 0.5) is 4.39 Å². The molecular weight excluding hydrogens is 373 g/mol. The zero-order valence-electron chi connectivity index (χ0n) is 15.3. The molecule has 0 amide bonds. The van der Waals surface area contributed by atoms with Crippen LogP contribution in [0, 0.1) is 11.7 Å². The van der Waals surface area contributed by atoms with Gasteiger partial charge in [0, 0.05) is 18.0 Å². The van der Waals surface area contributed by atoms with Gasteiger partial charge in [0.05, 0.1) is 18.1 Å². The fourth-order valence-corrected chi connectivity index (χ4v) is 4.68. The van der Waals surface area contributed by atoms with Gasteiger partial charge in [0.2, 0.25) is 10.0 Å². The van der Waals surface area contributed by atoms with Crippen molar-refractivity contribution in [2.75, 3.05) is 7.11 Å². The Labute approximate surface area is 159 Å². The van der Waals surface area contributed by atoms with Crippen LogP contribution in [-0.4, -0.2) is 38.7 Å². The van der Waals surface area contributed by atoms with E-state index in [1.54, 1.807) is 6.08 Å². The second kappa shape index (κ2) is 9.96. The Morgan fingerprint density at radius 3 is 2.67 bits per heavy atom. The van der Waals surface area contributed by atoms with E-state index in [9.17, 15) is 22.7 Å². The molecule has 150 valence electrons. The second-order valence-corrected chi connectivity index (χ2v) is 8.41. The number of carbonyl (C=O) groups is 1. The molecule has 0 spiro atoms. The predicted octanol–water partition coefficient (Wildman–Crippen LogP) is 2.53. The number of nitrogens with one attached hydrogen (secondary N) is 1. The van der Waals surface area contributed by atoms with Gasteiger partial charge in [0.25, 0.3) is 0 Å². The van der Waals surface area contributed by atoms with E-state index in [1.165, 1.54) is 25.3 Å². The zero-order chi connectivity index (χ0) is 19.9. The minimum atomic E-state index is -3.76. The number of benzene rings is 1. The van der Waals surface area contributed by atoms with Gasteiger partial charge in [-0.1, -0.05) is 12.5 Å². The van der Waals surface area contributed by atoms with Crippen LogP contribution in [0.1, 0.15) is 38.5 Å². The highest BCUT2D eigenvalue weighted by Crippen LogP contribution is 2.31. The van der Waals surface area contributed by atoms with E-state index in [2.05, 4.69) is 9.46 Å². The highest BCUT2D eigenvalue weighted by Gasteiger charge is 2.36. The first kappa shape index (κ1) is 21.5. The molecule has 8 heteroatoms. The summed E-state index contributed by atoms with van der Waals surface area (Å²) < 4.78 is 45.2. The van der Waals surface area contributed by atoms with Crippen molar-refractivity contribution in [3.05, 3.63) is 42.2 Å². The summed E-state index contributed by atoms with van der Waals surface area (Å²) in [4.78, 5) is 11.0. The van der Waals surface area contributed by atoms with Crippen LogP contribution in [0.5, 0.6) is 0 Å². The van der Waals surface area contributed by atoms with Crippen molar-refractivity contribution in [1.29, 1.82) is 0 Å². The maximum absolute atomic E-state index is 13.0. The normalized spacial score (nSPS) is 23.0. The number of hydrogen-bond acceptors (Lipinski definition) is 5. The molecule has 6 nitrogen and oxygen atoms in total. The van der Waals surface area contributed by atoms with E-state index in [4.69, 9.17) is 0 Å². The van der Waals surface area contributed by atoms with Crippen LogP contribution in [0.15, 0.2) is 41.3 Å². The molecular formula is C19H26FNO5S. The lowest BCUT2D eigenvalue weighted by atomic mass is 9.95. The van der Waals surface area contributed by atoms with Crippen molar-refractivity contribution in [3.63, 3.8) is 0 Å². The number of unbranched alkanes of at least 4 members (excludes halogenated alkanes) is 2. The average molecular weight is 399 g/mol. The molecule has 3 atom stereocenters. The fourth-order valence-electron chi connectivity index (χ4n) is 3.36. The van der Waals surface area contributed by atoms with Crippen LogP contribution >= 0.6 is 0 Å². The number of aliphatic hydroxyl groups excluding tert-OH is 1. The summed E-state index contributed by atoms with van der Waals surface area (Å²) in [6.07, 6.45) is 6.72. The summed E-state index contributed by atoms with van der Waals surface area (Å²) in [5.74, 6) is -1.05. The van der Waals surface area contributed by atoms with Crippen LogP contribution in [0.3, 0.4) is 0 Å². The van der Waals surface area contributed by atoms with Crippen LogP contribution in [-0.2, 0) is 19.6 Å². The van der Waals surface area contributed by atoms with E-state index >= 15 is 0 Å². The molecule has 0 unspecified atom stereocenters. The molecule has 0 saturated heterocycles. The van der Waals surface area contributed by atoms with Gasteiger partial charge in [-0.05, 0) is 56.4 Å². The number of allylic oxidation sites excluding steroid dienone is 1. The maximum atomic E-state index is 13.0. The Morgan fingerprint density at radius 1 is 1.30 bits per heavy atom. The Morgan fingerprint density at radius 2 is 2.00 bits per heavy atom. The zero-order valence-corrected chi connectivity index (χ0v) is 16.1. The maximum Gasteiger partial charge on any atom is 0.330 e. The number of hydrogen-bond donors (Lipinski definition) is 2. The number of ether oxygens (including phenoxy) is 1. The molecule has 27 heavy (non-hydrogen) atoms. The summed E-state index contributed by atoms with van der Waals surface area (Å²) in [5, 5.41) is 10.2. The third-order valence-electron chi connectivity index (χ3n) is 4.83. The molecule has 0 heterocycles. The lowest BCUT2D eigenvalue weighted by Gasteiger charge is -2.23. The van der Waals surface area contributed by atoms with Gasteiger partial charge in [-0.2, -0.15) is 0 Å². The molecule has 1 aromatic carbocycles. The minimum Gasteiger partial charge on any atom is -0.466 e. The summed E-state index contributed by atoms with van der Waals surface area (Å²) in [6.45, 7) is 0. The van der Waals surface area contributed by atoms with Gasteiger partial charge in [-0.3, -0.25) is 0 Å². The minimum absolute atomic E-state index is 0.0111. The first-order chi connectivity index (χ1) is 12.8. The number of carbonyl (C=O) groups excluding carboxylic acids is 1. The van der Waals surface area contributed by atoms with Crippen LogP contribution in [0.2, 0.25) is 0 Å². The van der Waals surface area contributed by atoms with E-state index < -0.39 is 27.9 Å². The van der Waals surface area contributed by atoms with Crippen LogP contribution < -0.4 is 4.72 Å². The smallest absolute Gasteiger partial charge is 0.330 e. The Balaban J connectivity index is 1.88. The fraction of sp³-hybridized carbons (Fsp3) is 0.526. The highest BCUT2D eigenvalue weighted by atomic mass is 32.2. The highest BCUT2D eigenvalue weighted by molar-refractivity contribution is 7.89. The van der Waals surface area contributed by atoms with Gasteiger partial charge in [-0.25, -0.2) is 22.3 Å². The summed E-state index contributed by atoms with van der Waals surface area (Å²) in [5.41, 5.74) is 0. The number of rotatable bonds is 9. The average Bonchev–Trinajstić information content (AvgIpc) is 2.97. The molecule has 1 aromatic rings. The molecule has 0 bridgehead atoms. The summed E-state index contributed by atoms with van der Waals surface area (Å²) >= 11 is 0. The largest absolute Gasteiger partial charge is 0.466 e. The summed E-state index contributed by atoms with van der Waals surface area (Å²) in [7, 11) is -2.44. The third kappa shape index (κ3) is 6.41. The SMILES string of the molecule is COC(=O)C=CCCCC[C@@H]1[C@@H](NS(=O)(=O)c2ccc(F)cc2)CC[C@@H]1O. The predicted molar refractivity (Wildman–Crippen MR) is 98.9 cm³/mol. The van der Waals surface area contributed by atoms with E-state index in [-0.39, 0.29) is 16.9 Å². The molecule has 1 fully saturated rings. The number of sulfonamides is 1. The molecule has 2 N–H and O–H groups in total. The first-order valence-electron chi connectivity index (χ1n) is 9.04. The first-order valence-corrected chi connectivity index (χ1v) is 10.5. The Bertz CT molecular complexity index is 748. The number of aliphatic hydroxyl groups is 1. The number of halogens is 1. The van der Waals surface area contributed by atoms with E-state index in [1.807, 2.05) is 0 Å². The molecule has 0 radical (unpaired) electrons. The van der Waals surface area contributed by atoms with Gasteiger partial charge in [0.15, 0.2) is 0 Å². The molecule has 0 aliphatic heterocycles.